The van der Waals surface area contributed by atoms with Gasteiger partial charge in [-0.3, -0.25) is 0 Å². The highest BCUT2D eigenvalue weighted by Crippen LogP contribution is 2.31. The molecule has 2 amide bonds. The van der Waals surface area contributed by atoms with Crippen LogP contribution in [0.1, 0.15) is 24.4 Å². The van der Waals surface area contributed by atoms with Crippen molar-refractivity contribution >= 4 is 6.03 Å². The number of carbonyl (C=O) groups excluding carboxylic acids is 1. The number of para-hydroxylation sites is 1. The highest BCUT2D eigenvalue weighted by Gasteiger charge is 2.22. The third-order valence-electron chi connectivity index (χ3n) is 3.70. The number of hydrogen-bond donors (Lipinski definition) is 2. The highest BCUT2D eigenvalue weighted by molar-refractivity contribution is 5.74. The number of aryl methyl sites for hydroxylation is 1. The van der Waals surface area contributed by atoms with Crippen molar-refractivity contribution in [1.82, 2.24) is 20.2 Å². The van der Waals surface area contributed by atoms with Gasteiger partial charge in [0.05, 0.1) is 19.0 Å². The van der Waals surface area contributed by atoms with Crippen LogP contribution >= 0.6 is 0 Å². The molecular weight excluding hydrogens is 280 g/mol. The van der Waals surface area contributed by atoms with Crippen LogP contribution in [0.25, 0.3) is 0 Å². The molecular formula is C16H20N4O2. The van der Waals surface area contributed by atoms with E-state index in [4.69, 9.17) is 4.74 Å². The molecule has 1 aliphatic heterocycles. The molecule has 116 valence electrons. The minimum absolute atomic E-state index is 0.0126. The lowest BCUT2D eigenvalue weighted by Gasteiger charge is -2.26. The molecule has 0 radical (unpaired) electrons. The van der Waals surface area contributed by atoms with Crippen molar-refractivity contribution in [3.8, 4) is 5.75 Å². The summed E-state index contributed by atoms with van der Waals surface area (Å²) in [7, 11) is 0. The molecule has 1 aromatic carbocycles. The maximum atomic E-state index is 12.0. The highest BCUT2D eigenvalue weighted by atomic mass is 16.5. The summed E-state index contributed by atoms with van der Waals surface area (Å²) >= 11 is 0. The SMILES string of the molecule is O=C(NCCCn1ccnc1)N[C@H]1CCOc2ccccc21. The first-order valence-corrected chi connectivity index (χ1v) is 7.55. The Kier molecular flexibility index (Phi) is 4.58. The lowest BCUT2D eigenvalue weighted by molar-refractivity contribution is 0.223. The number of fused-ring (bicyclic) bond motifs is 1. The van der Waals surface area contributed by atoms with Gasteiger partial charge in [-0.05, 0) is 12.5 Å². The van der Waals surface area contributed by atoms with Gasteiger partial charge >= 0.3 is 6.03 Å². The Bertz CT molecular complexity index is 612. The summed E-state index contributed by atoms with van der Waals surface area (Å²) in [6.45, 7) is 2.11. The fourth-order valence-electron chi connectivity index (χ4n) is 2.58. The number of ether oxygens (including phenoxy) is 1. The summed E-state index contributed by atoms with van der Waals surface area (Å²) in [5.41, 5.74) is 1.04. The number of aromatic nitrogens is 2. The van der Waals surface area contributed by atoms with Gasteiger partial charge in [0.1, 0.15) is 5.75 Å². The van der Waals surface area contributed by atoms with Gasteiger partial charge in [-0.25, -0.2) is 9.78 Å². The molecule has 2 N–H and O–H groups in total. The van der Waals surface area contributed by atoms with Gasteiger partial charge in [0.25, 0.3) is 0 Å². The van der Waals surface area contributed by atoms with Gasteiger partial charge in [-0.15, -0.1) is 0 Å². The Morgan fingerprint density at radius 1 is 1.41 bits per heavy atom. The van der Waals surface area contributed by atoms with Gasteiger partial charge in [-0.1, -0.05) is 18.2 Å². The first-order chi connectivity index (χ1) is 10.8. The quantitative estimate of drug-likeness (QED) is 0.831. The Labute approximate surface area is 129 Å². The summed E-state index contributed by atoms with van der Waals surface area (Å²) in [5, 5.41) is 5.92. The van der Waals surface area contributed by atoms with Crippen LogP contribution in [0.5, 0.6) is 5.75 Å². The Morgan fingerprint density at radius 2 is 2.32 bits per heavy atom. The third kappa shape index (κ3) is 3.58. The third-order valence-corrected chi connectivity index (χ3v) is 3.70. The van der Waals surface area contributed by atoms with Crippen LogP contribution in [0, 0.1) is 0 Å². The second kappa shape index (κ2) is 6.98. The summed E-state index contributed by atoms with van der Waals surface area (Å²) in [6.07, 6.45) is 7.11. The molecule has 6 nitrogen and oxygen atoms in total. The fraction of sp³-hybridized carbons (Fsp3) is 0.375. The van der Waals surface area contributed by atoms with E-state index in [1.807, 2.05) is 35.0 Å². The summed E-state index contributed by atoms with van der Waals surface area (Å²) in [6, 6.07) is 7.72. The predicted octanol–water partition coefficient (Wildman–Crippen LogP) is 2.10. The number of imidazole rings is 1. The number of rotatable bonds is 5. The maximum absolute atomic E-state index is 12.0. The molecule has 2 aromatic rings. The number of benzene rings is 1. The van der Waals surface area contributed by atoms with E-state index in [9.17, 15) is 4.79 Å². The zero-order valence-corrected chi connectivity index (χ0v) is 12.4. The predicted molar refractivity (Wildman–Crippen MR) is 82.7 cm³/mol. The molecule has 3 rings (SSSR count). The van der Waals surface area contributed by atoms with E-state index in [1.165, 1.54) is 0 Å². The average Bonchev–Trinajstić information content (AvgIpc) is 3.05. The van der Waals surface area contributed by atoms with Crippen LogP contribution in [0.15, 0.2) is 43.0 Å². The van der Waals surface area contributed by atoms with Crippen molar-refractivity contribution in [2.24, 2.45) is 0 Å². The van der Waals surface area contributed by atoms with Crippen molar-refractivity contribution in [2.75, 3.05) is 13.2 Å². The van der Waals surface area contributed by atoms with Gasteiger partial charge in [-0.2, -0.15) is 0 Å². The Balaban J connectivity index is 1.44. The molecule has 6 heteroatoms. The lowest BCUT2D eigenvalue weighted by Crippen LogP contribution is -2.40. The number of urea groups is 1. The average molecular weight is 300 g/mol. The van der Waals surface area contributed by atoms with Crippen molar-refractivity contribution in [2.45, 2.75) is 25.4 Å². The minimum Gasteiger partial charge on any atom is -0.493 e. The molecule has 1 atom stereocenters. The molecule has 0 unspecified atom stereocenters. The summed E-state index contributed by atoms with van der Waals surface area (Å²) in [4.78, 5) is 16.0. The normalized spacial score (nSPS) is 16.5. The van der Waals surface area contributed by atoms with E-state index in [-0.39, 0.29) is 12.1 Å². The number of hydrogen-bond acceptors (Lipinski definition) is 3. The first kappa shape index (κ1) is 14.4. The van der Waals surface area contributed by atoms with Crippen molar-refractivity contribution in [3.63, 3.8) is 0 Å². The monoisotopic (exact) mass is 300 g/mol. The molecule has 0 aliphatic carbocycles. The topological polar surface area (TPSA) is 68.2 Å². The maximum Gasteiger partial charge on any atom is 0.315 e. The van der Waals surface area contributed by atoms with Gasteiger partial charge in [0, 0.05) is 37.5 Å². The standard InChI is InChI=1S/C16H20N4O2/c21-16(18-7-3-9-20-10-8-17-12-20)19-14-6-11-22-15-5-2-1-4-13(14)15/h1-2,4-5,8,10,12,14H,3,6-7,9,11H2,(H2,18,19,21)/t14-/m0/s1. The smallest absolute Gasteiger partial charge is 0.315 e. The lowest BCUT2D eigenvalue weighted by atomic mass is 10.0. The van der Waals surface area contributed by atoms with Crippen LogP contribution < -0.4 is 15.4 Å². The molecule has 0 saturated carbocycles. The molecule has 0 saturated heterocycles. The minimum atomic E-state index is -0.132. The van der Waals surface area contributed by atoms with Crippen LogP contribution in [0.2, 0.25) is 0 Å². The van der Waals surface area contributed by atoms with E-state index in [2.05, 4.69) is 15.6 Å². The fourth-order valence-corrected chi connectivity index (χ4v) is 2.58. The first-order valence-electron chi connectivity index (χ1n) is 7.55. The molecule has 0 fully saturated rings. The summed E-state index contributed by atoms with van der Waals surface area (Å²) < 4.78 is 7.59. The van der Waals surface area contributed by atoms with Crippen LogP contribution in [-0.4, -0.2) is 28.7 Å². The molecule has 1 aliphatic rings. The van der Waals surface area contributed by atoms with Gasteiger partial charge in [0.2, 0.25) is 0 Å². The van der Waals surface area contributed by atoms with Crippen molar-refractivity contribution < 1.29 is 9.53 Å². The van der Waals surface area contributed by atoms with E-state index in [0.29, 0.717) is 13.2 Å². The second-order valence-electron chi connectivity index (χ2n) is 5.28. The van der Waals surface area contributed by atoms with Crippen molar-refractivity contribution in [1.29, 1.82) is 0 Å². The van der Waals surface area contributed by atoms with E-state index in [0.717, 1.165) is 30.7 Å². The van der Waals surface area contributed by atoms with Gasteiger partial charge < -0.3 is 19.9 Å². The van der Waals surface area contributed by atoms with E-state index < -0.39 is 0 Å². The molecule has 1 aromatic heterocycles. The zero-order valence-electron chi connectivity index (χ0n) is 12.4. The number of nitrogens with zero attached hydrogens (tertiary/aromatic N) is 2. The largest absolute Gasteiger partial charge is 0.493 e. The van der Waals surface area contributed by atoms with Gasteiger partial charge in [0.15, 0.2) is 0 Å². The molecule has 2 heterocycles. The molecule has 0 spiro atoms. The van der Waals surface area contributed by atoms with Crippen LogP contribution in [0.4, 0.5) is 4.79 Å². The van der Waals surface area contributed by atoms with E-state index >= 15 is 0 Å². The Morgan fingerprint density at radius 3 is 3.18 bits per heavy atom. The summed E-state index contributed by atoms with van der Waals surface area (Å²) in [5.74, 6) is 0.860. The van der Waals surface area contributed by atoms with Crippen molar-refractivity contribution in [3.05, 3.63) is 48.5 Å². The van der Waals surface area contributed by atoms with E-state index in [1.54, 1.807) is 12.5 Å². The van der Waals surface area contributed by atoms with Crippen LogP contribution in [-0.2, 0) is 6.54 Å². The zero-order chi connectivity index (χ0) is 15.2. The number of nitrogens with one attached hydrogen (secondary N) is 2. The number of amides is 2. The van der Waals surface area contributed by atoms with Crippen LogP contribution in [0.3, 0.4) is 0 Å². The number of carbonyl (C=O) groups is 1. The second-order valence-corrected chi connectivity index (χ2v) is 5.28. The molecule has 0 bridgehead atoms. The molecule has 22 heavy (non-hydrogen) atoms. The Hall–Kier alpha value is -2.50.